The molecule has 5 atom stereocenters. The Morgan fingerprint density at radius 1 is 1.27 bits per heavy atom. The van der Waals surface area contributed by atoms with Gasteiger partial charge in [-0.2, -0.15) is 0 Å². The second-order valence-electron chi connectivity index (χ2n) is 8.69. The molecule has 0 aromatic carbocycles. The summed E-state index contributed by atoms with van der Waals surface area (Å²) in [5, 5.41) is 9.84. The molecular weight excluding hydrogens is 272 g/mol. The van der Waals surface area contributed by atoms with E-state index in [1.165, 1.54) is 12.8 Å². The Bertz CT molecular complexity index is 534. The van der Waals surface area contributed by atoms with Crippen LogP contribution in [0.3, 0.4) is 0 Å². The summed E-state index contributed by atoms with van der Waals surface area (Å²) in [7, 11) is 0. The summed E-state index contributed by atoms with van der Waals surface area (Å²) in [6, 6.07) is 0. The molecule has 22 heavy (non-hydrogen) atoms. The lowest BCUT2D eigenvalue weighted by Crippen LogP contribution is -2.54. The highest BCUT2D eigenvalue weighted by Gasteiger charge is 2.58. The zero-order valence-electron chi connectivity index (χ0n) is 14.3. The Kier molecular flexibility index (Phi) is 3.58. The second kappa shape index (κ2) is 4.97. The quantitative estimate of drug-likeness (QED) is 0.711. The van der Waals surface area contributed by atoms with Gasteiger partial charge in [0, 0.05) is 5.41 Å². The van der Waals surface area contributed by atoms with Gasteiger partial charge in [0.15, 0.2) is 0 Å². The Hall–Kier alpha value is -1.05. The maximum atomic E-state index is 12.0. The van der Waals surface area contributed by atoms with Crippen molar-refractivity contribution < 1.29 is 9.90 Å². The Morgan fingerprint density at radius 3 is 2.64 bits per heavy atom. The van der Waals surface area contributed by atoms with Gasteiger partial charge >= 0.3 is 5.97 Å². The van der Waals surface area contributed by atoms with Gasteiger partial charge in [0.25, 0.3) is 0 Å². The maximum absolute atomic E-state index is 12.0. The molecule has 2 saturated carbocycles. The van der Waals surface area contributed by atoms with E-state index in [4.69, 9.17) is 0 Å². The number of carboxylic acid groups (broad SMARTS) is 1. The standard InChI is InChI=1S/C20H30O2/c1-5-18(2)12-9-15-14(13-18)7-8-16-19(15,3)10-6-11-20(16,4)17(21)22/h5,13,15-16H,1,6-12H2,2-4H3,(H,21,22)/t15?,16-,18+,19-,20+/m1/s1. The molecule has 0 aliphatic heterocycles. The smallest absolute Gasteiger partial charge is 0.309 e. The molecule has 0 bridgehead atoms. The summed E-state index contributed by atoms with van der Waals surface area (Å²) < 4.78 is 0. The molecule has 1 unspecified atom stereocenters. The number of carboxylic acids is 1. The zero-order chi connectivity index (χ0) is 16.2. The Balaban J connectivity index is 1.99. The van der Waals surface area contributed by atoms with Crippen molar-refractivity contribution in [3.05, 3.63) is 24.3 Å². The number of hydrogen-bond acceptors (Lipinski definition) is 1. The largest absolute Gasteiger partial charge is 0.481 e. The van der Waals surface area contributed by atoms with Crippen molar-refractivity contribution in [1.29, 1.82) is 0 Å². The normalized spacial score (nSPS) is 47.9. The first-order valence-electron chi connectivity index (χ1n) is 8.84. The third-order valence-electron chi connectivity index (χ3n) is 7.38. The average molecular weight is 302 g/mol. The van der Waals surface area contributed by atoms with Gasteiger partial charge in [0.1, 0.15) is 0 Å². The maximum Gasteiger partial charge on any atom is 0.309 e. The average Bonchev–Trinajstić information content (AvgIpc) is 2.46. The van der Waals surface area contributed by atoms with Crippen LogP contribution in [0.2, 0.25) is 0 Å². The van der Waals surface area contributed by atoms with Gasteiger partial charge in [-0.25, -0.2) is 0 Å². The second-order valence-corrected chi connectivity index (χ2v) is 8.69. The Morgan fingerprint density at radius 2 is 2.00 bits per heavy atom. The molecule has 3 rings (SSSR count). The molecule has 0 saturated heterocycles. The van der Waals surface area contributed by atoms with Crippen molar-refractivity contribution >= 4 is 5.97 Å². The van der Waals surface area contributed by atoms with Gasteiger partial charge in [-0.3, -0.25) is 4.79 Å². The van der Waals surface area contributed by atoms with Gasteiger partial charge in [0.2, 0.25) is 0 Å². The van der Waals surface area contributed by atoms with E-state index < -0.39 is 11.4 Å². The molecule has 0 heterocycles. The molecule has 0 spiro atoms. The summed E-state index contributed by atoms with van der Waals surface area (Å²) in [6.45, 7) is 10.7. The van der Waals surface area contributed by atoms with Crippen LogP contribution in [0.5, 0.6) is 0 Å². The minimum absolute atomic E-state index is 0.139. The van der Waals surface area contributed by atoms with Crippen LogP contribution in [0.15, 0.2) is 24.3 Å². The molecule has 0 radical (unpaired) electrons. The van der Waals surface area contributed by atoms with E-state index in [2.05, 4.69) is 32.6 Å². The van der Waals surface area contributed by atoms with E-state index >= 15 is 0 Å². The number of allylic oxidation sites excluding steroid dienone is 3. The highest BCUT2D eigenvalue weighted by atomic mass is 16.4. The van der Waals surface area contributed by atoms with E-state index in [-0.39, 0.29) is 10.8 Å². The topological polar surface area (TPSA) is 37.3 Å². The monoisotopic (exact) mass is 302 g/mol. The van der Waals surface area contributed by atoms with E-state index in [0.717, 1.165) is 32.1 Å². The molecule has 2 heteroatoms. The molecule has 0 aromatic heterocycles. The van der Waals surface area contributed by atoms with Crippen molar-refractivity contribution in [1.82, 2.24) is 0 Å². The van der Waals surface area contributed by atoms with E-state index in [1.54, 1.807) is 5.57 Å². The Labute approximate surface area is 134 Å². The fourth-order valence-electron chi connectivity index (χ4n) is 5.94. The zero-order valence-corrected chi connectivity index (χ0v) is 14.3. The molecule has 122 valence electrons. The fraction of sp³-hybridized carbons (Fsp3) is 0.750. The van der Waals surface area contributed by atoms with Crippen LogP contribution < -0.4 is 0 Å². The first-order valence-corrected chi connectivity index (χ1v) is 8.84. The lowest BCUT2D eigenvalue weighted by molar-refractivity contribution is -0.164. The van der Waals surface area contributed by atoms with Crippen molar-refractivity contribution in [2.75, 3.05) is 0 Å². The van der Waals surface area contributed by atoms with Gasteiger partial charge in [0.05, 0.1) is 5.41 Å². The number of rotatable bonds is 2. The predicted octanol–water partition coefficient (Wildman–Crippen LogP) is 5.21. The first kappa shape index (κ1) is 15.8. The molecule has 3 aliphatic carbocycles. The highest BCUT2D eigenvalue weighted by Crippen LogP contribution is 2.63. The third-order valence-corrected chi connectivity index (χ3v) is 7.38. The van der Waals surface area contributed by atoms with Crippen molar-refractivity contribution in [3.8, 4) is 0 Å². The summed E-state index contributed by atoms with van der Waals surface area (Å²) in [5.41, 5.74) is 1.36. The third kappa shape index (κ3) is 2.10. The minimum atomic E-state index is -0.581. The van der Waals surface area contributed by atoms with Crippen LogP contribution in [-0.2, 0) is 4.79 Å². The first-order chi connectivity index (χ1) is 10.3. The van der Waals surface area contributed by atoms with Gasteiger partial charge < -0.3 is 5.11 Å². The molecular formula is C20H30O2. The van der Waals surface area contributed by atoms with Crippen LogP contribution in [0, 0.1) is 28.1 Å². The summed E-state index contributed by atoms with van der Waals surface area (Å²) in [5.74, 6) is 0.322. The molecule has 2 nitrogen and oxygen atoms in total. The SMILES string of the molecule is C=C[C@]1(C)C=C2CC[C@H]3[C@@](C)(C(=O)O)CCC[C@]3(C)C2CC1. The molecule has 0 amide bonds. The van der Waals surface area contributed by atoms with Crippen LogP contribution >= 0.6 is 0 Å². The lowest BCUT2D eigenvalue weighted by atomic mass is 9.45. The summed E-state index contributed by atoms with van der Waals surface area (Å²) >= 11 is 0. The van der Waals surface area contributed by atoms with Crippen molar-refractivity contribution in [3.63, 3.8) is 0 Å². The molecule has 2 fully saturated rings. The van der Waals surface area contributed by atoms with Gasteiger partial charge in [-0.15, -0.1) is 6.58 Å². The number of aliphatic carboxylic acids is 1. The molecule has 1 N–H and O–H groups in total. The van der Waals surface area contributed by atoms with E-state index in [9.17, 15) is 9.90 Å². The number of carbonyl (C=O) groups is 1. The van der Waals surface area contributed by atoms with E-state index in [1.807, 2.05) is 6.92 Å². The van der Waals surface area contributed by atoms with Crippen molar-refractivity contribution in [2.24, 2.45) is 28.1 Å². The molecule has 0 aromatic rings. The van der Waals surface area contributed by atoms with Crippen LogP contribution in [0.1, 0.15) is 65.7 Å². The van der Waals surface area contributed by atoms with Gasteiger partial charge in [-0.1, -0.05) is 38.0 Å². The lowest BCUT2D eigenvalue weighted by Gasteiger charge is -2.59. The number of hydrogen-bond donors (Lipinski definition) is 1. The van der Waals surface area contributed by atoms with Crippen LogP contribution in [-0.4, -0.2) is 11.1 Å². The summed E-state index contributed by atoms with van der Waals surface area (Å²) in [4.78, 5) is 12.0. The molecule has 3 aliphatic rings. The van der Waals surface area contributed by atoms with Crippen LogP contribution in [0.25, 0.3) is 0 Å². The predicted molar refractivity (Wildman–Crippen MR) is 89.5 cm³/mol. The van der Waals surface area contributed by atoms with E-state index in [0.29, 0.717) is 11.8 Å². The van der Waals surface area contributed by atoms with Crippen LogP contribution in [0.4, 0.5) is 0 Å². The van der Waals surface area contributed by atoms with Crippen molar-refractivity contribution in [2.45, 2.75) is 65.7 Å². The summed E-state index contributed by atoms with van der Waals surface area (Å²) in [6.07, 6.45) is 12.1. The highest BCUT2D eigenvalue weighted by molar-refractivity contribution is 5.75. The van der Waals surface area contributed by atoms with Gasteiger partial charge in [-0.05, 0) is 62.7 Å². The number of fused-ring (bicyclic) bond motifs is 3. The fourth-order valence-corrected chi connectivity index (χ4v) is 5.94. The minimum Gasteiger partial charge on any atom is -0.481 e.